The van der Waals surface area contributed by atoms with Gasteiger partial charge in [-0.25, -0.2) is 4.57 Å². The zero-order chi connectivity index (χ0) is 34.0. The van der Waals surface area contributed by atoms with Crippen molar-refractivity contribution in [1.82, 2.24) is 0 Å². The van der Waals surface area contributed by atoms with Crippen LogP contribution in [0.3, 0.4) is 0 Å². The first kappa shape index (κ1) is 44.7. The third kappa shape index (κ3) is 32.6. The summed E-state index contributed by atoms with van der Waals surface area (Å²) in [5, 5.41) is 18.2. The first-order valence-electron chi connectivity index (χ1n) is 18.0. The predicted octanol–water partition coefficient (Wildman–Crippen LogP) is 8.91. The number of rotatable bonds is 34. The average molecular weight is 675 g/mol. The van der Waals surface area contributed by atoms with Crippen LogP contribution < -0.4 is 0 Å². The van der Waals surface area contributed by atoms with Crippen LogP contribution in [0.2, 0.25) is 0 Å². The molecule has 9 nitrogen and oxygen atoms in total. The number of hydrogen-bond donors (Lipinski definition) is 3. The second-order valence-corrected chi connectivity index (χ2v) is 13.3. The van der Waals surface area contributed by atoms with Gasteiger partial charge >= 0.3 is 13.8 Å². The number of hydrogen-bond acceptors (Lipinski definition) is 8. The summed E-state index contributed by atoms with van der Waals surface area (Å²) in [6, 6.07) is 0. The van der Waals surface area contributed by atoms with E-state index in [0.717, 1.165) is 70.6 Å². The SMILES string of the molecule is CC/C=C\C/C=C\C/C=C\CCCCCCCCCCOCC(COP(=O)(O)OCC(O)CO)OC(=O)CCCCCCCCC. The molecule has 3 atom stereocenters. The van der Waals surface area contributed by atoms with Crippen LogP contribution in [0.25, 0.3) is 0 Å². The van der Waals surface area contributed by atoms with Gasteiger partial charge in [-0.05, 0) is 44.9 Å². The Bertz CT molecular complexity index is 815. The van der Waals surface area contributed by atoms with Crippen molar-refractivity contribution >= 4 is 13.8 Å². The van der Waals surface area contributed by atoms with Gasteiger partial charge in [-0.1, -0.05) is 127 Å². The molecule has 270 valence electrons. The maximum absolute atomic E-state index is 12.4. The Morgan fingerprint density at radius 2 is 1.24 bits per heavy atom. The van der Waals surface area contributed by atoms with E-state index in [9.17, 15) is 19.4 Å². The summed E-state index contributed by atoms with van der Waals surface area (Å²) in [5.74, 6) is -0.394. The van der Waals surface area contributed by atoms with E-state index in [1.54, 1.807) is 0 Å². The van der Waals surface area contributed by atoms with Crippen molar-refractivity contribution in [3.8, 4) is 0 Å². The fourth-order valence-corrected chi connectivity index (χ4v) is 5.39. The molecule has 0 aliphatic heterocycles. The van der Waals surface area contributed by atoms with Crippen molar-refractivity contribution in [2.45, 2.75) is 154 Å². The third-order valence-corrected chi connectivity index (χ3v) is 8.29. The van der Waals surface area contributed by atoms with E-state index >= 15 is 0 Å². The van der Waals surface area contributed by atoms with Crippen LogP contribution in [-0.2, 0) is 27.9 Å². The van der Waals surface area contributed by atoms with Crippen LogP contribution >= 0.6 is 7.82 Å². The number of aliphatic hydroxyl groups is 2. The van der Waals surface area contributed by atoms with E-state index in [1.165, 1.54) is 51.4 Å². The largest absolute Gasteiger partial charge is 0.472 e. The minimum Gasteiger partial charge on any atom is -0.457 e. The summed E-state index contributed by atoms with van der Waals surface area (Å²) in [4.78, 5) is 22.3. The van der Waals surface area contributed by atoms with Crippen molar-refractivity contribution in [1.29, 1.82) is 0 Å². The molecule has 3 N–H and O–H groups in total. The number of carbonyl (C=O) groups excluding carboxylic acids is 1. The summed E-state index contributed by atoms with van der Waals surface area (Å²) in [6.45, 7) is 3.32. The molecule has 0 amide bonds. The van der Waals surface area contributed by atoms with Crippen molar-refractivity contribution in [3.05, 3.63) is 36.5 Å². The van der Waals surface area contributed by atoms with Crippen molar-refractivity contribution < 1.29 is 43.0 Å². The molecule has 0 rings (SSSR count). The van der Waals surface area contributed by atoms with Crippen LogP contribution in [0.4, 0.5) is 0 Å². The first-order chi connectivity index (χ1) is 22.3. The monoisotopic (exact) mass is 674 g/mol. The number of aliphatic hydroxyl groups excluding tert-OH is 2. The maximum Gasteiger partial charge on any atom is 0.472 e. The van der Waals surface area contributed by atoms with Crippen molar-refractivity contribution in [3.63, 3.8) is 0 Å². The topological polar surface area (TPSA) is 132 Å². The molecule has 0 radical (unpaired) electrons. The third-order valence-electron chi connectivity index (χ3n) is 7.34. The molecule has 0 aromatic rings. The van der Waals surface area contributed by atoms with E-state index in [0.29, 0.717) is 6.61 Å². The molecule has 3 unspecified atom stereocenters. The molecule has 0 saturated carbocycles. The van der Waals surface area contributed by atoms with E-state index in [2.05, 4.69) is 50.3 Å². The van der Waals surface area contributed by atoms with Crippen LogP contribution in [0.5, 0.6) is 0 Å². The summed E-state index contributed by atoms with van der Waals surface area (Å²) >= 11 is 0. The second kappa shape index (κ2) is 33.6. The van der Waals surface area contributed by atoms with E-state index in [1.807, 2.05) is 0 Å². The quantitative estimate of drug-likeness (QED) is 0.0265. The number of phosphoric acid groups is 1. The maximum atomic E-state index is 12.4. The molecule has 0 spiro atoms. The lowest BCUT2D eigenvalue weighted by Crippen LogP contribution is -2.29. The predicted molar refractivity (Wildman–Crippen MR) is 187 cm³/mol. The van der Waals surface area contributed by atoms with Crippen molar-refractivity contribution in [2.75, 3.05) is 33.0 Å². The van der Waals surface area contributed by atoms with Crippen LogP contribution in [0.15, 0.2) is 36.5 Å². The molecule has 0 aromatic heterocycles. The lowest BCUT2D eigenvalue weighted by Gasteiger charge is -2.20. The minimum atomic E-state index is -4.50. The molecule has 10 heteroatoms. The van der Waals surface area contributed by atoms with Gasteiger partial charge in [0.2, 0.25) is 0 Å². The molecular weight excluding hydrogens is 607 g/mol. The van der Waals surface area contributed by atoms with Crippen molar-refractivity contribution in [2.24, 2.45) is 0 Å². The Kier molecular flexibility index (Phi) is 32.6. The van der Waals surface area contributed by atoms with E-state index < -0.39 is 39.2 Å². The Balaban J connectivity index is 4.14. The molecule has 46 heavy (non-hydrogen) atoms. The summed E-state index contributed by atoms with van der Waals surface area (Å²) in [6.07, 6.45) is 32.7. The summed E-state index contributed by atoms with van der Waals surface area (Å²) < 4.78 is 33.1. The van der Waals surface area contributed by atoms with E-state index in [-0.39, 0.29) is 19.6 Å². The highest BCUT2D eigenvalue weighted by atomic mass is 31.2. The molecule has 0 aliphatic rings. The Morgan fingerprint density at radius 1 is 0.696 bits per heavy atom. The van der Waals surface area contributed by atoms with Crippen LogP contribution in [0, 0.1) is 0 Å². The lowest BCUT2D eigenvalue weighted by atomic mass is 10.1. The van der Waals surface area contributed by atoms with Gasteiger partial charge in [0.1, 0.15) is 12.2 Å². The highest BCUT2D eigenvalue weighted by Crippen LogP contribution is 2.43. The molecule has 0 bridgehead atoms. The molecule has 0 aromatic carbocycles. The zero-order valence-corrected chi connectivity index (χ0v) is 29.9. The van der Waals surface area contributed by atoms with Crippen LogP contribution in [0.1, 0.15) is 142 Å². The number of allylic oxidation sites excluding steroid dienone is 6. The van der Waals surface area contributed by atoms with Crippen LogP contribution in [-0.4, -0.2) is 66.3 Å². The number of esters is 1. The summed E-state index contributed by atoms with van der Waals surface area (Å²) in [5.41, 5.74) is 0. The first-order valence-corrected chi connectivity index (χ1v) is 19.5. The fourth-order valence-electron chi connectivity index (χ4n) is 4.60. The van der Waals surface area contributed by atoms with Gasteiger partial charge in [-0.3, -0.25) is 13.8 Å². The molecule has 0 saturated heterocycles. The highest BCUT2D eigenvalue weighted by Gasteiger charge is 2.26. The second-order valence-electron chi connectivity index (χ2n) is 11.9. The average Bonchev–Trinajstić information content (AvgIpc) is 3.04. The smallest absolute Gasteiger partial charge is 0.457 e. The molecular formula is C36H67O9P. The highest BCUT2D eigenvalue weighted by molar-refractivity contribution is 7.47. The number of unbranched alkanes of at least 4 members (excludes halogenated alkanes) is 14. The lowest BCUT2D eigenvalue weighted by molar-refractivity contribution is -0.154. The Hall–Kier alpha value is -1.32. The van der Waals surface area contributed by atoms with Gasteiger partial charge in [-0.15, -0.1) is 0 Å². The van der Waals surface area contributed by atoms with E-state index in [4.69, 9.17) is 23.6 Å². The molecule has 0 aliphatic carbocycles. The fraction of sp³-hybridized carbons (Fsp3) is 0.806. The van der Waals surface area contributed by atoms with Gasteiger partial charge in [0.15, 0.2) is 0 Å². The normalized spacial score (nSPS) is 14.8. The van der Waals surface area contributed by atoms with Gasteiger partial charge in [0.05, 0.1) is 26.4 Å². The standard InChI is InChI=1S/C36H67O9P/c1-3-5-7-9-11-12-13-14-15-16-17-18-19-20-21-23-25-27-29-42-32-35(33-44-46(40,41)43-31-34(38)30-37)45-36(39)28-26-24-22-10-8-6-4-2/h5,7,11-12,14-15,34-35,37-38H,3-4,6,8-10,13,16-33H2,1-2H3,(H,40,41)/b7-5-,12-11-,15-14-. The Labute approximate surface area is 280 Å². The number of ether oxygens (including phenoxy) is 2. The molecule has 0 heterocycles. The number of phosphoric ester groups is 1. The molecule has 0 fully saturated rings. The zero-order valence-electron chi connectivity index (χ0n) is 29.0. The van der Waals surface area contributed by atoms with Gasteiger partial charge in [0.25, 0.3) is 0 Å². The number of carbonyl (C=O) groups is 1. The Morgan fingerprint density at radius 3 is 1.87 bits per heavy atom. The van der Waals surface area contributed by atoms with Gasteiger partial charge in [0, 0.05) is 13.0 Å². The summed E-state index contributed by atoms with van der Waals surface area (Å²) in [7, 11) is -4.50. The van der Waals surface area contributed by atoms with Gasteiger partial charge < -0.3 is 24.6 Å². The minimum absolute atomic E-state index is 0.0447. The van der Waals surface area contributed by atoms with Gasteiger partial charge in [-0.2, -0.15) is 0 Å².